The minimum Gasteiger partial charge on any atom is -0.353 e. The number of rotatable bonds is 4. The van der Waals surface area contributed by atoms with Crippen molar-refractivity contribution in [1.82, 2.24) is 5.32 Å². The van der Waals surface area contributed by atoms with E-state index >= 15 is 0 Å². The molecule has 3 saturated carbocycles. The minimum absolute atomic E-state index is 0.115. The Balaban J connectivity index is 1.58. The zero-order valence-electron chi connectivity index (χ0n) is 11.8. The Morgan fingerprint density at radius 1 is 1.15 bits per heavy atom. The molecule has 0 spiro atoms. The summed E-state index contributed by atoms with van der Waals surface area (Å²) in [4.78, 5) is 12.6. The van der Waals surface area contributed by atoms with Crippen LogP contribution in [-0.2, 0) is 15.7 Å². The first-order valence-electron chi connectivity index (χ1n) is 7.83. The normalized spacial score (nSPS) is 25.6. The maximum absolute atomic E-state index is 12.6. The topological polar surface area (TPSA) is 55.1 Å². The number of benzene rings is 1. The van der Waals surface area contributed by atoms with Crippen LogP contribution in [0.4, 0.5) is 0 Å². The third kappa shape index (κ3) is 1.87. The molecule has 3 aliphatic carbocycles. The van der Waals surface area contributed by atoms with Crippen LogP contribution < -0.4 is 11.1 Å². The smallest absolute Gasteiger partial charge is 0.230 e. The van der Waals surface area contributed by atoms with E-state index in [1.807, 2.05) is 0 Å². The van der Waals surface area contributed by atoms with Crippen molar-refractivity contribution in [3.8, 4) is 0 Å². The van der Waals surface area contributed by atoms with E-state index in [9.17, 15) is 4.79 Å². The molecule has 1 aromatic rings. The molecular formula is C17H22N2O. The van der Waals surface area contributed by atoms with Crippen LogP contribution in [0.15, 0.2) is 24.3 Å². The van der Waals surface area contributed by atoms with Crippen LogP contribution in [0.2, 0.25) is 0 Å². The summed E-state index contributed by atoms with van der Waals surface area (Å²) in [7, 11) is 0. The summed E-state index contributed by atoms with van der Waals surface area (Å²) in [6.45, 7) is 0. The maximum Gasteiger partial charge on any atom is 0.230 e. The van der Waals surface area contributed by atoms with Gasteiger partial charge >= 0.3 is 0 Å². The summed E-state index contributed by atoms with van der Waals surface area (Å²) in [5, 5.41) is 3.22. The Morgan fingerprint density at radius 2 is 1.85 bits per heavy atom. The molecule has 0 unspecified atom stereocenters. The van der Waals surface area contributed by atoms with Crippen molar-refractivity contribution in [3.05, 3.63) is 35.4 Å². The molecule has 3 heteroatoms. The van der Waals surface area contributed by atoms with Gasteiger partial charge in [0.15, 0.2) is 0 Å². The highest BCUT2D eigenvalue weighted by molar-refractivity contribution is 5.91. The van der Waals surface area contributed by atoms with Crippen molar-refractivity contribution in [2.24, 2.45) is 5.73 Å². The molecule has 3 nitrogen and oxygen atoms in total. The highest BCUT2D eigenvalue weighted by Crippen LogP contribution is 2.50. The van der Waals surface area contributed by atoms with Gasteiger partial charge < -0.3 is 11.1 Å². The van der Waals surface area contributed by atoms with E-state index < -0.39 is 0 Å². The molecule has 4 rings (SSSR count). The molecule has 3 N–H and O–H groups in total. The summed E-state index contributed by atoms with van der Waals surface area (Å²) >= 11 is 0. The molecule has 0 aromatic heterocycles. The summed E-state index contributed by atoms with van der Waals surface area (Å²) < 4.78 is 0. The lowest BCUT2D eigenvalue weighted by Crippen LogP contribution is -2.44. The molecule has 1 aromatic carbocycles. The second kappa shape index (κ2) is 4.08. The monoisotopic (exact) mass is 270 g/mol. The summed E-state index contributed by atoms with van der Waals surface area (Å²) in [5.41, 5.74) is 8.30. The SMILES string of the molecule is NC1(c2cccc(C3(C(=O)NC4CCC4)CC3)c2)CC1. The average Bonchev–Trinajstić information content (AvgIpc) is 3.30. The number of hydrogen-bond donors (Lipinski definition) is 2. The van der Waals surface area contributed by atoms with Gasteiger partial charge in [-0.3, -0.25) is 4.79 Å². The Labute approximate surface area is 119 Å². The lowest BCUT2D eigenvalue weighted by molar-refractivity contribution is -0.124. The predicted molar refractivity (Wildman–Crippen MR) is 78.2 cm³/mol. The van der Waals surface area contributed by atoms with Crippen molar-refractivity contribution < 1.29 is 4.79 Å². The van der Waals surface area contributed by atoms with Crippen LogP contribution >= 0.6 is 0 Å². The van der Waals surface area contributed by atoms with E-state index in [1.54, 1.807) is 0 Å². The Kier molecular flexibility index (Phi) is 2.53. The molecule has 0 bridgehead atoms. The van der Waals surface area contributed by atoms with Gasteiger partial charge in [0.1, 0.15) is 0 Å². The van der Waals surface area contributed by atoms with Gasteiger partial charge in [-0.1, -0.05) is 24.3 Å². The van der Waals surface area contributed by atoms with Crippen molar-refractivity contribution in [2.45, 2.75) is 61.9 Å². The maximum atomic E-state index is 12.6. The van der Waals surface area contributed by atoms with E-state index in [1.165, 1.54) is 17.5 Å². The van der Waals surface area contributed by atoms with Gasteiger partial charge in [0.05, 0.1) is 5.41 Å². The fraction of sp³-hybridized carbons (Fsp3) is 0.588. The number of carbonyl (C=O) groups is 1. The van der Waals surface area contributed by atoms with Gasteiger partial charge in [-0.05, 0) is 56.1 Å². The van der Waals surface area contributed by atoms with Crippen LogP contribution in [0, 0.1) is 0 Å². The van der Waals surface area contributed by atoms with Gasteiger partial charge in [0.25, 0.3) is 0 Å². The highest BCUT2D eigenvalue weighted by atomic mass is 16.2. The van der Waals surface area contributed by atoms with E-state index in [-0.39, 0.29) is 16.9 Å². The number of nitrogens with one attached hydrogen (secondary N) is 1. The summed E-state index contributed by atoms with van der Waals surface area (Å²) in [5.74, 6) is 0.237. The first-order valence-corrected chi connectivity index (χ1v) is 7.83. The van der Waals surface area contributed by atoms with Crippen molar-refractivity contribution >= 4 is 5.91 Å². The molecule has 0 heterocycles. The summed E-state index contributed by atoms with van der Waals surface area (Å²) in [6, 6.07) is 8.88. The third-order valence-electron chi connectivity index (χ3n) is 5.40. The van der Waals surface area contributed by atoms with Gasteiger partial charge in [-0.15, -0.1) is 0 Å². The van der Waals surface area contributed by atoms with E-state index in [2.05, 4.69) is 29.6 Å². The number of hydrogen-bond acceptors (Lipinski definition) is 2. The Bertz CT molecular complexity index is 554. The molecular weight excluding hydrogens is 248 g/mol. The quantitative estimate of drug-likeness (QED) is 0.882. The highest BCUT2D eigenvalue weighted by Gasteiger charge is 2.52. The van der Waals surface area contributed by atoms with E-state index in [0.717, 1.165) is 38.5 Å². The standard InChI is InChI=1S/C17H22N2O/c18-17(9-10-17)13-4-1-3-12(11-13)16(7-8-16)15(20)19-14-5-2-6-14/h1,3-4,11,14H,2,5-10,18H2,(H,19,20). The number of nitrogens with two attached hydrogens (primary N) is 1. The molecule has 0 saturated heterocycles. The van der Waals surface area contributed by atoms with Crippen LogP contribution in [0.5, 0.6) is 0 Å². The first-order chi connectivity index (χ1) is 9.62. The average molecular weight is 270 g/mol. The van der Waals surface area contributed by atoms with Crippen molar-refractivity contribution in [1.29, 1.82) is 0 Å². The largest absolute Gasteiger partial charge is 0.353 e. The predicted octanol–water partition coefficient (Wildman–Crippen LogP) is 2.33. The second-order valence-electron chi connectivity index (χ2n) is 6.92. The van der Waals surface area contributed by atoms with E-state index in [0.29, 0.717) is 6.04 Å². The van der Waals surface area contributed by atoms with Gasteiger partial charge in [-0.2, -0.15) is 0 Å². The van der Waals surface area contributed by atoms with Crippen molar-refractivity contribution in [3.63, 3.8) is 0 Å². The Morgan fingerprint density at radius 3 is 2.40 bits per heavy atom. The molecule has 0 atom stereocenters. The fourth-order valence-electron chi connectivity index (χ4n) is 3.20. The molecule has 1 amide bonds. The van der Waals surface area contributed by atoms with Crippen molar-refractivity contribution in [2.75, 3.05) is 0 Å². The zero-order chi connectivity index (χ0) is 13.8. The lowest BCUT2D eigenvalue weighted by atomic mass is 9.88. The first kappa shape index (κ1) is 12.4. The lowest BCUT2D eigenvalue weighted by Gasteiger charge is -2.29. The van der Waals surface area contributed by atoms with Crippen LogP contribution in [0.1, 0.15) is 56.1 Å². The number of carbonyl (C=O) groups excluding carboxylic acids is 1. The molecule has 20 heavy (non-hydrogen) atoms. The van der Waals surface area contributed by atoms with Crippen LogP contribution in [-0.4, -0.2) is 11.9 Å². The molecule has 0 radical (unpaired) electrons. The minimum atomic E-state index is -0.253. The van der Waals surface area contributed by atoms with Gasteiger partial charge in [0.2, 0.25) is 5.91 Å². The molecule has 106 valence electrons. The molecule has 0 aliphatic heterocycles. The summed E-state index contributed by atoms with van der Waals surface area (Å²) in [6.07, 6.45) is 7.64. The third-order valence-corrected chi connectivity index (χ3v) is 5.40. The van der Waals surface area contributed by atoms with E-state index in [4.69, 9.17) is 5.73 Å². The van der Waals surface area contributed by atoms with Gasteiger partial charge in [0, 0.05) is 11.6 Å². The molecule has 3 aliphatic rings. The van der Waals surface area contributed by atoms with Gasteiger partial charge in [-0.25, -0.2) is 0 Å². The fourth-order valence-corrected chi connectivity index (χ4v) is 3.20. The van der Waals surface area contributed by atoms with Crippen LogP contribution in [0.25, 0.3) is 0 Å². The second-order valence-corrected chi connectivity index (χ2v) is 6.92. The zero-order valence-corrected chi connectivity index (χ0v) is 11.8. The van der Waals surface area contributed by atoms with Crippen LogP contribution in [0.3, 0.4) is 0 Å². The Hall–Kier alpha value is -1.35. The molecule has 3 fully saturated rings. The number of amides is 1.